The fourth-order valence-electron chi connectivity index (χ4n) is 1.46. The van der Waals surface area contributed by atoms with Gasteiger partial charge in [-0.05, 0) is 12.1 Å². The van der Waals surface area contributed by atoms with E-state index in [2.05, 4.69) is 5.16 Å². The van der Waals surface area contributed by atoms with Crippen molar-refractivity contribution in [3.05, 3.63) is 29.8 Å². The van der Waals surface area contributed by atoms with Crippen molar-refractivity contribution in [2.24, 2.45) is 10.9 Å². The van der Waals surface area contributed by atoms with Gasteiger partial charge >= 0.3 is 6.18 Å². The summed E-state index contributed by atoms with van der Waals surface area (Å²) in [5, 5.41) is 11.4. The molecular weight excluding hydrogens is 291 g/mol. The lowest BCUT2D eigenvalue weighted by Crippen LogP contribution is -2.38. The minimum absolute atomic E-state index is 0.126. The molecule has 0 heterocycles. The number of hydrogen-bond donors (Lipinski definition) is 2. The van der Waals surface area contributed by atoms with E-state index >= 15 is 0 Å². The molecule has 0 bridgehead atoms. The molecule has 0 radical (unpaired) electrons. The Labute approximate surface area is 118 Å². The second kappa shape index (κ2) is 6.82. The standard InChI is InChI=1S/C12H14F3N3O3/c1-18(7-12(13,14)15)10(19)6-21-9-5-3-2-4-8(9)11(16)17-20/h2-5,20H,6-7H2,1H3,(H2,16,17). The van der Waals surface area contributed by atoms with Gasteiger partial charge in [0.1, 0.15) is 12.3 Å². The number of benzene rings is 1. The van der Waals surface area contributed by atoms with Crippen LogP contribution in [0.2, 0.25) is 0 Å². The lowest BCUT2D eigenvalue weighted by Gasteiger charge is -2.19. The number of nitrogens with two attached hydrogens (primary N) is 1. The first-order valence-corrected chi connectivity index (χ1v) is 5.75. The quantitative estimate of drug-likeness (QED) is 0.370. The maximum atomic E-state index is 12.2. The molecule has 0 aliphatic heterocycles. The molecule has 9 heteroatoms. The van der Waals surface area contributed by atoms with E-state index < -0.39 is 25.2 Å². The van der Waals surface area contributed by atoms with E-state index in [0.29, 0.717) is 4.90 Å². The molecule has 21 heavy (non-hydrogen) atoms. The molecule has 116 valence electrons. The van der Waals surface area contributed by atoms with Crippen LogP contribution in [-0.2, 0) is 4.79 Å². The SMILES string of the molecule is CN(CC(F)(F)F)C(=O)COc1ccccc1/C(N)=N/O. The molecule has 0 aliphatic carbocycles. The molecule has 0 fully saturated rings. The van der Waals surface area contributed by atoms with Gasteiger partial charge in [0.05, 0.1) is 5.56 Å². The number of rotatable bonds is 5. The number of carbonyl (C=O) groups is 1. The van der Waals surface area contributed by atoms with E-state index in [1.165, 1.54) is 12.1 Å². The van der Waals surface area contributed by atoms with Crippen molar-refractivity contribution in [2.45, 2.75) is 6.18 Å². The lowest BCUT2D eigenvalue weighted by molar-refractivity contribution is -0.159. The zero-order valence-electron chi connectivity index (χ0n) is 11.1. The zero-order valence-corrected chi connectivity index (χ0v) is 11.1. The highest BCUT2D eigenvalue weighted by atomic mass is 19.4. The fraction of sp³-hybridized carbons (Fsp3) is 0.333. The number of amidine groups is 1. The van der Waals surface area contributed by atoms with Gasteiger partial charge < -0.3 is 20.6 Å². The molecule has 0 aliphatic rings. The molecule has 1 amide bonds. The van der Waals surface area contributed by atoms with Gasteiger partial charge in [-0.15, -0.1) is 0 Å². The summed E-state index contributed by atoms with van der Waals surface area (Å²) in [5.41, 5.74) is 5.65. The van der Waals surface area contributed by atoms with E-state index in [-0.39, 0.29) is 17.1 Å². The fourth-order valence-corrected chi connectivity index (χ4v) is 1.46. The van der Waals surface area contributed by atoms with E-state index in [4.69, 9.17) is 15.7 Å². The van der Waals surface area contributed by atoms with E-state index in [1.54, 1.807) is 12.1 Å². The number of carbonyl (C=O) groups excluding carboxylic acids is 1. The highest BCUT2D eigenvalue weighted by molar-refractivity contribution is 5.99. The molecule has 0 saturated heterocycles. The van der Waals surface area contributed by atoms with Crippen LogP contribution in [0.15, 0.2) is 29.4 Å². The maximum Gasteiger partial charge on any atom is 0.406 e. The number of halogens is 3. The van der Waals surface area contributed by atoms with Gasteiger partial charge in [0.2, 0.25) is 0 Å². The Morgan fingerprint density at radius 1 is 1.43 bits per heavy atom. The summed E-state index contributed by atoms with van der Waals surface area (Å²) in [4.78, 5) is 12.0. The van der Waals surface area contributed by atoms with Gasteiger partial charge in [-0.25, -0.2) is 0 Å². The highest BCUT2D eigenvalue weighted by Gasteiger charge is 2.31. The number of oxime groups is 1. The third-order valence-corrected chi connectivity index (χ3v) is 2.46. The van der Waals surface area contributed by atoms with Gasteiger partial charge in [0.15, 0.2) is 12.4 Å². The monoisotopic (exact) mass is 305 g/mol. The first-order valence-electron chi connectivity index (χ1n) is 5.75. The summed E-state index contributed by atoms with van der Waals surface area (Å²) in [6.45, 7) is -1.96. The lowest BCUT2D eigenvalue weighted by atomic mass is 10.2. The van der Waals surface area contributed by atoms with Crippen molar-refractivity contribution in [3.8, 4) is 5.75 Å². The van der Waals surface area contributed by atoms with Crippen LogP contribution in [0.5, 0.6) is 5.75 Å². The van der Waals surface area contributed by atoms with Crippen LogP contribution in [0.4, 0.5) is 13.2 Å². The Bertz CT molecular complexity index is 532. The van der Waals surface area contributed by atoms with Gasteiger partial charge in [-0.3, -0.25) is 4.79 Å². The molecule has 6 nitrogen and oxygen atoms in total. The Morgan fingerprint density at radius 3 is 2.62 bits per heavy atom. The summed E-state index contributed by atoms with van der Waals surface area (Å²) in [5.74, 6) is -0.954. The Morgan fingerprint density at radius 2 is 2.05 bits per heavy atom. The topological polar surface area (TPSA) is 88.2 Å². The molecule has 0 saturated carbocycles. The van der Waals surface area contributed by atoms with Crippen molar-refractivity contribution >= 4 is 11.7 Å². The predicted octanol–water partition coefficient (Wildman–Crippen LogP) is 1.18. The normalized spacial score (nSPS) is 12.1. The van der Waals surface area contributed by atoms with Crippen LogP contribution in [0.3, 0.4) is 0 Å². The van der Waals surface area contributed by atoms with Gasteiger partial charge in [-0.1, -0.05) is 17.3 Å². The number of alkyl halides is 3. The van der Waals surface area contributed by atoms with Crippen LogP contribution in [0.1, 0.15) is 5.56 Å². The largest absolute Gasteiger partial charge is 0.483 e. The summed E-state index contributed by atoms with van der Waals surface area (Å²) < 4.78 is 41.6. The van der Waals surface area contributed by atoms with Crippen LogP contribution in [-0.4, -0.2) is 48.2 Å². The third kappa shape index (κ3) is 5.21. The summed E-state index contributed by atoms with van der Waals surface area (Å²) in [7, 11) is 1.02. The number of ether oxygens (including phenoxy) is 1. The van der Waals surface area contributed by atoms with Gasteiger partial charge in [-0.2, -0.15) is 13.2 Å². The molecule has 1 rings (SSSR count). The molecule has 0 atom stereocenters. The van der Waals surface area contributed by atoms with Gasteiger partial charge in [0.25, 0.3) is 5.91 Å². The highest BCUT2D eigenvalue weighted by Crippen LogP contribution is 2.18. The van der Waals surface area contributed by atoms with Crippen molar-refractivity contribution < 1.29 is 27.9 Å². The molecule has 0 unspecified atom stereocenters. The second-order valence-electron chi connectivity index (χ2n) is 4.14. The summed E-state index contributed by atoms with van der Waals surface area (Å²) in [6, 6.07) is 6.10. The number of amides is 1. The number of para-hydroxylation sites is 1. The van der Waals surface area contributed by atoms with Crippen molar-refractivity contribution in [1.82, 2.24) is 4.90 Å². The van der Waals surface area contributed by atoms with E-state index in [1.807, 2.05) is 0 Å². The van der Waals surface area contributed by atoms with E-state index in [0.717, 1.165) is 7.05 Å². The maximum absolute atomic E-state index is 12.2. The van der Waals surface area contributed by atoms with Gasteiger partial charge in [0, 0.05) is 7.05 Å². The Kier molecular flexibility index (Phi) is 5.39. The average molecular weight is 305 g/mol. The molecule has 3 N–H and O–H groups in total. The summed E-state index contributed by atoms with van der Waals surface area (Å²) in [6.07, 6.45) is -4.48. The number of hydrogen-bond acceptors (Lipinski definition) is 4. The first-order chi connectivity index (χ1) is 9.74. The second-order valence-corrected chi connectivity index (χ2v) is 4.14. The molecule has 0 aromatic heterocycles. The van der Waals surface area contributed by atoms with Crippen molar-refractivity contribution in [1.29, 1.82) is 0 Å². The van der Waals surface area contributed by atoms with Crippen molar-refractivity contribution in [3.63, 3.8) is 0 Å². The average Bonchev–Trinajstić information content (AvgIpc) is 2.42. The number of nitrogens with zero attached hydrogens (tertiary/aromatic N) is 2. The Balaban J connectivity index is 2.70. The molecule has 0 spiro atoms. The minimum atomic E-state index is -4.48. The molecule has 1 aromatic carbocycles. The van der Waals surface area contributed by atoms with Crippen LogP contribution in [0, 0.1) is 0 Å². The van der Waals surface area contributed by atoms with Crippen LogP contribution < -0.4 is 10.5 Å². The minimum Gasteiger partial charge on any atom is -0.483 e. The number of likely N-dealkylation sites (N-methyl/N-ethyl adjacent to an activating group) is 1. The van der Waals surface area contributed by atoms with Crippen molar-refractivity contribution in [2.75, 3.05) is 20.2 Å². The molecular formula is C12H14F3N3O3. The molecule has 1 aromatic rings. The third-order valence-electron chi connectivity index (χ3n) is 2.46. The van der Waals surface area contributed by atoms with Crippen LogP contribution >= 0.6 is 0 Å². The first kappa shape index (κ1) is 16.6. The van der Waals surface area contributed by atoms with Crippen LogP contribution in [0.25, 0.3) is 0 Å². The van der Waals surface area contributed by atoms with E-state index in [9.17, 15) is 18.0 Å². The summed E-state index contributed by atoms with van der Waals surface area (Å²) >= 11 is 0. The Hall–Kier alpha value is -2.45. The smallest absolute Gasteiger partial charge is 0.406 e. The predicted molar refractivity (Wildman–Crippen MR) is 68.1 cm³/mol. The zero-order chi connectivity index (χ0) is 16.0.